The molecule has 6 heteroatoms. The number of hydrogen-bond acceptors (Lipinski definition) is 3. The topological polar surface area (TPSA) is 86.7 Å². The SMILES string of the molecule is CC(C)C.CCC(CC)(CC)C(=O)NCC(=O)N(C)[C@H](/C=C(\C)C(=O)O)C(C)C. The van der Waals surface area contributed by atoms with Crippen LogP contribution in [0.5, 0.6) is 0 Å². The Morgan fingerprint density at radius 3 is 1.72 bits per heavy atom. The van der Waals surface area contributed by atoms with E-state index in [0.717, 1.165) is 25.2 Å². The van der Waals surface area contributed by atoms with Crippen molar-refractivity contribution in [2.24, 2.45) is 17.3 Å². The maximum absolute atomic E-state index is 12.5. The number of carbonyl (C=O) groups excluding carboxylic acids is 2. The van der Waals surface area contributed by atoms with E-state index in [0.29, 0.717) is 0 Å². The zero-order chi connectivity index (χ0) is 23.4. The summed E-state index contributed by atoms with van der Waals surface area (Å²) in [6.07, 6.45) is 3.77. The molecule has 2 amide bonds. The lowest BCUT2D eigenvalue weighted by Gasteiger charge is -2.31. The van der Waals surface area contributed by atoms with Crippen molar-refractivity contribution in [1.29, 1.82) is 0 Å². The molecule has 0 unspecified atom stereocenters. The van der Waals surface area contributed by atoms with E-state index in [4.69, 9.17) is 5.11 Å². The third-order valence-electron chi connectivity index (χ3n) is 5.19. The first-order valence-corrected chi connectivity index (χ1v) is 10.7. The quantitative estimate of drug-likeness (QED) is 0.517. The number of carbonyl (C=O) groups is 3. The Morgan fingerprint density at radius 1 is 1.00 bits per heavy atom. The van der Waals surface area contributed by atoms with Gasteiger partial charge in [0.2, 0.25) is 11.8 Å². The summed E-state index contributed by atoms with van der Waals surface area (Å²) < 4.78 is 0. The Kier molecular flexibility index (Phi) is 14.4. The van der Waals surface area contributed by atoms with E-state index in [1.807, 2.05) is 34.6 Å². The number of hydrogen-bond donors (Lipinski definition) is 2. The predicted octanol–water partition coefficient (Wildman–Crippen LogP) is 4.50. The summed E-state index contributed by atoms with van der Waals surface area (Å²) in [7, 11) is 1.64. The molecule has 0 aliphatic carbocycles. The predicted molar refractivity (Wildman–Crippen MR) is 120 cm³/mol. The van der Waals surface area contributed by atoms with Crippen LogP contribution in [0.1, 0.15) is 81.6 Å². The van der Waals surface area contributed by atoms with Crippen LogP contribution in [0.2, 0.25) is 0 Å². The van der Waals surface area contributed by atoms with Crippen molar-refractivity contribution in [3.63, 3.8) is 0 Å². The molecule has 0 saturated heterocycles. The molecule has 0 rings (SSSR count). The first-order chi connectivity index (χ1) is 13.3. The van der Waals surface area contributed by atoms with Crippen LogP contribution in [0.3, 0.4) is 0 Å². The van der Waals surface area contributed by atoms with Crippen molar-refractivity contribution >= 4 is 17.8 Å². The summed E-state index contributed by atoms with van der Waals surface area (Å²) in [6.45, 7) is 17.7. The first kappa shape index (κ1) is 29.4. The normalized spacial score (nSPS) is 12.9. The average Bonchev–Trinajstić information content (AvgIpc) is 2.64. The van der Waals surface area contributed by atoms with Gasteiger partial charge in [-0.3, -0.25) is 9.59 Å². The van der Waals surface area contributed by atoms with Gasteiger partial charge >= 0.3 is 5.97 Å². The number of amides is 2. The summed E-state index contributed by atoms with van der Waals surface area (Å²) in [6, 6.07) is -0.339. The maximum atomic E-state index is 12.5. The van der Waals surface area contributed by atoms with Crippen LogP contribution in [0, 0.1) is 17.3 Å². The molecule has 0 aliphatic heterocycles. The Balaban J connectivity index is 0. The molecule has 6 nitrogen and oxygen atoms in total. The van der Waals surface area contributed by atoms with Crippen LogP contribution in [-0.4, -0.2) is 47.4 Å². The second kappa shape index (κ2) is 14.2. The molecule has 1 atom stereocenters. The van der Waals surface area contributed by atoms with Crippen molar-refractivity contribution in [2.75, 3.05) is 13.6 Å². The summed E-state index contributed by atoms with van der Waals surface area (Å²) >= 11 is 0. The Hall–Kier alpha value is -1.85. The van der Waals surface area contributed by atoms with Crippen molar-refractivity contribution in [3.05, 3.63) is 11.6 Å². The van der Waals surface area contributed by atoms with Crippen LogP contribution in [0.4, 0.5) is 0 Å². The van der Waals surface area contributed by atoms with Gasteiger partial charge in [0, 0.05) is 18.0 Å². The molecular weight excluding hydrogens is 368 g/mol. The van der Waals surface area contributed by atoms with Crippen molar-refractivity contribution in [1.82, 2.24) is 10.2 Å². The van der Waals surface area contributed by atoms with Crippen LogP contribution in [-0.2, 0) is 14.4 Å². The Morgan fingerprint density at radius 2 is 1.41 bits per heavy atom. The minimum absolute atomic E-state index is 0.0555. The van der Waals surface area contributed by atoms with Gasteiger partial charge in [-0.25, -0.2) is 4.79 Å². The number of carboxylic acids is 1. The zero-order valence-corrected chi connectivity index (χ0v) is 20.3. The number of nitrogens with zero attached hydrogens (tertiary/aromatic N) is 1. The second-order valence-electron chi connectivity index (χ2n) is 8.65. The summed E-state index contributed by atoms with van der Waals surface area (Å²) in [5.41, 5.74) is -0.236. The molecule has 0 spiro atoms. The van der Waals surface area contributed by atoms with Gasteiger partial charge < -0.3 is 15.3 Å². The smallest absolute Gasteiger partial charge is 0.331 e. The maximum Gasteiger partial charge on any atom is 0.331 e. The highest BCUT2D eigenvalue weighted by Crippen LogP contribution is 2.30. The fourth-order valence-corrected chi connectivity index (χ4v) is 2.94. The number of carboxylic acid groups (broad SMARTS) is 1. The molecular formula is C23H44N2O4. The molecule has 29 heavy (non-hydrogen) atoms. The molecule has 0 aromatic rings. The molecule has 0 saturated carbocycles. The first-order valence-electron chi connectivity index (χ1n) is 10.7. The van der Waals surface area contributed by atoms with Crippen LogP contribution >= 0.6 is 0 Å². The Bertz CT molecular complexity index is 538. The molecule has 170 valence electrons. The van der Waals surface area contributed by atoms with Gasteiger partial charge in [0.05, 0.1) is 12.6 Å². The molecule has 0 bridgehead atoms. The third-order valence-corrected chi connectivity index (χ3v) is 5.19. The van der Waals surface area contributed by atoms with Crippen LogP contribution in [0.25, 0.3) is 0 Å². The molecule has 0 fully saturated rings. The van der Waals surface area contributed by atoms with E-state index >= 15 is 0 Å². The van der Waals surface area contributed by atoms with Gasteiger partial charge in [0.25, 0.3) is 0 Å². The monoisotopic (exact) mass is 412 g/mol. The standard InChI is InChI=1S/C19H34N2O4.C4H10/c1-8-19(9-2,10-3)18(25)20-12-16(22)21(7)15(13(4)5)11-14(6)17(23)24;1-4(2)3/h11,13,15H,8-10,12H2,1-7H3,(H,20,25)(H,23,24);4H,1-3H3/b14-11+;/t15-;/m1./s1. The molecule has 0 aromatic carbocycles. The highest BCUT2D eigenvalue weighted by molar-refractivity contribution is 5.88. The number of nitrogens with one attached hydrogen (secondary N) is 1. The lowest BCUT2D eigenvalue weighted by molar-refractivity contribution is -0.137. The second-order valence-corrected chi connectivity index (χ2v) is 8.65. The number of likely N-dealkylation sites (N-methyl/N-ethyl adjacent to an activating group) is 1. The molecule has 0 aromatic heterocycles. The van der Waals surface area contributed by atoms with Gasteiger partial charge in [0.1, 0.15) is 0 Å². The molecule has 0 heterocycles. The van der Waals surface area contributed by atoms with Crippen molar-refractivity contribution in [2.45, 2.75) is 87.6 Å². The van der Waals surface area contributed by atoms with E-state index in [1.54, 1.807) is 13.1 Å². The van der Waals surface area contributed by atoms with Crippen molar-refractivity contribution in [3.8, 4) is 0 Å². The minimum Gasteiger partial charge on any atom is -0.478 e. The minimum atomic E-state index is -1.00. The molecule has 0 aliphatic rings. The van der Waals surface area contributed by atoms with Crippen molar-refractivity contribution < 1.29 is 19.5 Å². The lowest BCUT2D eigenvalue weighted by atomic mass is 9.79. The molecule has 0 radical (unpaired) electrons. The zero-order valence-electron chi connectivity index (χ0n) is 20.3. The lowest BCUT2D eigenvalue weighted by Crippen LogP contribution is -2.48. The fraction of sp³-hybridized carbons (Fsp3) is 0.783. The van der Waals surface area contributed by atoms with E-state index in [9.17, 15) is 14.4 Å². The van der Waals surface area contributed by atoms with E-state index in [1.165, 1.54) is 11.8 Å². The van der Waals surface area contributed by atoms with Gasteiger partial charge in [-0.1, -0.05) is 61.5 Å². The van der Waals surface area contributed by atoms with Gasteiger partial charge in [-0.05, 0) is 38.0 Å². The third kappa shape index (κ3) is 10.5. The van der Waals surface area contributed by atoms with E-state index in [2.05, 4.69) is 26.1 Å². The average molecular weight is 413 g/mol. The summed E-state index contributed by atoms with van der Waals surface area (Å²) in [5.74, 6) is -0.447. The summed E-state index contributed by atoms with van der Waals surface area (Å²) in [5, 5.41) is 11.8. The fourth-order valence-electron chi connectivity index (χ4n) is 2.94. The van der Waals surface area contributed by atoms with Crippen LogP contribution < -0.4 is 5.32 Å². The number of aliphatic carboxylic acids is 1. The largest absolute Gasteiger partial charge is 0.478 e. The van der Waals surface area contributed by atoms with Gasteiger partial charge in [0.15, 0.2) is 0 Å². The highest BCUT2D eigenvalue weighted by atomic mass is 16.4. The highest BCUT2D eigenvalue weighted by Gasteiger charge is 2.33. The van der Waals surface area contributed by atoms with E-state index in [-0.39, 0.29) is 35.9 Å². The number of rotatable bonds is 10. The van der Waals surface area contributed by atoms with Gasteiger partial charge in [-0.15, -0.1) is 0 Å². The molecule has 2 N–H and O–H groups in total. The summed E-state index contributed by atoms with van der Waals surface area (Å²) in [4.78, 5) is 37.5. The van der Waals surface area contributed by atoms with Gasteiger partial charge in [-0.2, -0.15) is 0 Å². The van der Waals surface area contributed by atoms with E-state index < -0.39 is 11.4 Å². The van der Waals surface area contributed by atoms with Crippen LogP contribution in [0.15, 0.2) is 11.6 Å². The Labute approximate surface area is 178 Å².